The van der Waals surface area contributed by atoms with Gasteiger partial charge in [0.25, 0.3) is 5.91 Å². The molecule has 0 aliphatic carbocycles. The third-order valence-corrected chi connectivity index (χ3v) is 4.81. The highest BCUT2D eigenvalue weighted by Crippen LogP contribution is 2.27. The van der Waals surface area contributed by atoms with E-state index in [0.717, 1.165) is 22.0 Å². The predicted molar refractivity (Wildman–Crippen MR) is 113 cm³/mol. The molecule has 0 atom stereocenters. The maximum atomic E-state index is 12.6. The minimum Gasteiger partial charge on any atom is -0.493 e. The van der Waals surface area contributed by atoms with Crippen molar-refractivity contribution in [1.82, 2.24) is 10.3 Å². The minimum absolute atomic E-state index is 0.270. The van der Waals surface area contributed by atoms with Crippen LogP contribution in [0.5, 0.6) is 11.5 Å². The van der Waals surface area contributed by atoms with Crippen LogP contribution < -0.4 is 14.8 Å². The second kappa shape index (κ2) is 9.26. The van der Waals surface area contributed by atoms with Crippen LogP contribution in [0.2, 0.25) is 0 Å². The van der Waals surface area contributed by atoms with Crippen LogP contribution in [-0.2, 0) is 16.1 Å². The van der Waals surface area contributed by atoms with E-state index in [4.69, 9.17) is 14.2 Å². The molecule has 1 amide bonds. The van der Waals surface area contributed by atoms with E-state index >= 15 is 0 Å². The summed E-state index contributed by atoms with van der Waals surface area (Å²) in [5, 5.41) is 3.61. The van der Waals surface area contributed by atoms with Gasteiger partial charge in [0.1, 0.15) is 0 Å². The van der Waals surface area contributed by atoms with Gasteiger partial charge in [-0.3, -0.25) is 9.78 Å². The zero-order valence-electron chi connectivity index (χ0n) is 17.4. The Bertz CT molecular complexity index is 1090. The molecule has 7 heteroatoms. The second-order valence-corrected chi connectivity index (χ2v) is 6.76. The Morgan fingerprint density at radius 1 is 1.00 bits per heavy atom. The molecule has 0 unspecified atom stereocenters. The molecule has 1 heterocycles. The van der Waals surface area contributed by atoms with Gasteiger partial charge in [0.05, 0.1) is 31.0 Å². The number of hydrogen-bond acceptors (Lipinski definition) is 6. The van der Waals surface area contributed by atoms with Crippen molar-refractivity contribution in [3.8, 4) is 11.5 Å². The Morgan fingerprint density at radius 2 is 1.73 bits per heavy atom. The number of rotatable bonds is 7. The van der Waals surface area contributed by atoms with Gasteiger partial charge < -0.3 is 19.5 Å². The molecule has 0 radical (unpaired) electrons. The van der Waals surface area contributed by atoms with Crippen molar-refractivity contribution in [2.75, 3.05) is 20.8 Å². The van der Waals surface area contributed by atoms with E-state index in [2.05, 4.69) is 10.3 Å². The lowest BCUT2D eigenvalue weighted by Gasteiger charge is -2.12. The zero-order valence-corrected chi connectivity index (χ0v) is 17.4. The molecule has 156 valence electrons. The molecule has 0 bridgehead atoms. The van der Waals surface area contributed by atoms with Crippen molar-refractivity contribution in [2.24, 2.45) is 0 Å². The maximum absolute atomic E-state index is 12.6. The van der Waals surface area contributed by atoms with Crippen molar-refractivity contribution in [1.29, 1.82) is 0 Å². The first kappa shape index (κ1) is 21.1. The van der Waals surface area contributed by atoms with Crippen molar-refractivity contribution in [3.63, 3.8) is 0 Å². The second-order valence-electron chi connectivity index (χ2n) is 6.76. The molecular weight excluding hydrogens is 384 g/mol. The smallest absolute Gasteiger partial charge is 0.340 e. The summed E-state index contributed by atoms with van der Waals surface area (Å²) in [5.41, 5.74) is 3.40. The molecule has 3 aromatic rings. The number of para-hydroxylation sites is 1. The molecule has 2 aromatic carbocycles. The van der Waals surface area contributed by atoms with E-state index in [1.807, 2.05) is 37.3 Å². The van der Waals surface area contributed by atoms with Crippen LogP contribution in [0.25, 0.3) is 10.9 Å². The molecule has 0 saturated heterocycles. The van der Waals surface area contributed by atoms with Gasteiger partial charge in [-0.15, -0.1) is 0 Å². The number of fused-ring (bicyclic) bond motifs is 1. The highest BCUT2D eigenvalue weighted by Gasteiger charge is 2.18. The fraction of sp³-hybridized carbons (Fsp3) is 0.261. The molecule has 1 N–H and O–H groups in total. The van der Waals surface area contributed by atoms with E-state index in [1.54, 1.807) is 33.3 Å². The highest BCUT2D eigenvalue weighted by molar-refractivity contribution is 5.99. The molecule has 7 nitrogen and oxygen atoms in total. The fourth-order valence-electron chi connectivity index (χ4n) is 3.28. The molecule has 0 fully saturated rings. The van der Waals surface area contributed by atoms with Crippen LogP contribution in [0, 0.1) is 13.8 Å². The van der Waals surface area contributed by atoms with Gasteiger partial charge in [-0.05, 0) is 43.2 Å². The largest absolute Gasteiger partial charge is 0.493 e. The van der Waals surface area contributed by atoms with E-state index in [0.29, 0.717) is 22.8 Å². The quantitative estimate of drug-likeness (QED) is 0.604. The van der Waals surface area contributed by atoms with Crippen molar-refractivity contribution in [3.05, 3.63) is 64.8 Å². The number of aryl methyl sites for hydroxylation is 2. The Labute approximate surface area is 175 Å². The summed E-state index contributed by atoms with van der Waals surface area (Å²) >= 11 is 0. The average molecular weight is 408 g/mol. The number of esters is 1. The number of hydrogen-bond donors (Lipinski definition) is 1. The Balaban J connectivity index is 1.61. The topological polar surface area (TPSA) is 86.8 Å². The maximum Gasteiger partial charge on any atom is 0.340 e. The summed E-state index contributed by atoms with van der Waals surface area (Å²) in [6.45, 7) is 3.50. The summed E-state index contributed by atoms with van der Waals surface area (Å²) < 4.78 is 15.7. The van der Waals surface area contributed by atoms with E-state index in [1.165, 1.54) is 0 Å². The lowest BCUT2D eigenvalue weighted by molar-refractivity contribution is -0.124. The number of aromatic nitrogens is 1. The summed E-state index contributed by atoms with van der Waals surface area (Å²) in [4.78, 5) is 29.2. The van der Waals surface area contributed by atoms with Crippen LogP contribution in [0.3, 0.4) is 0 Å². The Hall–Kier alpha value is -3.61. The molecule has 1 aromatic heterocycles. The normalized spacial score (nSPS) is 10.5. The van der Waals surface area contributed by atoms with Crippen LogP contribution in [0.4, 0.5) is 0 Å². The predicted octanol–water partition coefficient (Wildman–Crippen LogP) is 3.34. The van der Waals surface area contributed by atoms with E-state index < -0.39 is 11.9 Å². The van der Waals surface area contributed by atoms with E-state index in [9.17, 15) is 9.59 Å². The number of carbonyl (C=O) groups is 2. The summed E-state index contributed by atoms with van der Waals surface area (Å²) in [7, 11) is 3.10. The van der Waals surface area contributed by atoms with Gasteiger partial charge in [0, 0.05) is 11.9 Å². The summed E-state index contributed by atoms with van der Waals surface area (Å²) in [6.07, 6.45) is 0. The molecule has 0 spiro atoms. The first-order valence-corrected chi connectivity index (χ1v) is 9.45. The van der Waals surface area contributed by atoms with Gasteiger partial charge in [-0.2, -0.15) is 0 Å². The standard InChI is InChI=1S/C23H24N2O5/c1-14-17-7-5-6-8-18(17)25-15(2)22(14)23(27)30-13-21(26)24-12-16-9-10-19(28-3)20(11-16)29-4/h5-11H,12-13H2,1-4H3,(H,24,26). The van der Waals surface area contributed by atoms with Crippen molar-refractivity contribution in [2.45, 2.75) is 20.4 Å². The van der Waals surface area contributed by atoms with Gasteiger partial charge >= 0.3 is 5.97 Å². The number of pyridine rings is 1. The fourth-order valence-corrected chi connectivity index (χ4v) is 3.28. The molecule has 0 saturated carbocycles. The number of nitrogens with one attached hydrogen (secondary N) is 1. The van der Waals surface area contributed by atoms with Gasteiger partial charge in [-0.25, -0.2) is 4.79 Å². The molecule has 3 rings (SSSR count). The van der Waals surface area contributed by atoms with Crippen LogP contribution in [0.15, 0.2) is 42.5 Å². The van der Waals surface area contributed by atoms with Crippen molar-refractivity contribution >= 4 is 22.8 Å². The Kier molecular flexibility index (Phi) is 6.51. The van der Waals surface area contributed by atoms with E-state index in [-0.39, 0.29) is 13.2 Å². The number of methoxy groups -OCH3 is 2. The van der Waals surface area contributed by atoms with Crippen molar-refractivity contribution < 1.29 is 23.8 Å². The summed E-state index contributed by atoms with van der Waals surface area (Å²) in [6, 6.07) is 13.0. The highest BCUT2D eigenvalue weighted by atomic mass is 16.5. The molecule has 30 heavy (non-hydrogen) atoms. The molecule has 0 aliphatic rings. The average Bonchev–Trinajstić information content (AvgIpc) is 2.76. The van der Waals surface area contributed by atoms with Crippen LogP contribution in [-0.4, -0.2) is 37.7 Å². The number of nitrogens with zero attached hydrogens (tertiary/aromatic N) is 1. The van der Waals surface area contributed by atoms with Crippen LogP contribution in [0.1, 0.15) is 27.2 Å². The van der Waals surface area contributed by atoms with Gasteiger partial charge in [0.2, 0.25) is 0 Å². The Morgan fingerprint density at radius 3 is 2.47 bits per heavy atom. The molecular formula is C23H24N2O5. The first-order chi connectivity index (χ1) is 14.4. The number of ether oxygens (including phenoxy) is 3. The van der Waals surface area contributed by atoms with Gasteiger partial charge in [0.15, 0.2) is 18.1 Å². The third-order valence-electron chi connectivity index (χ3n) is 4.81. The zero-order chi connectivity index (χ0) is 21.7. The monoisotopic (exact) mass is 408 g/mol. The molecule has 0 aliphatic heterocycles. The lowest BCUT2D eigenvalue weighted by atomic mass is 10.0. The lowest BCUT2D eigenvalue weighted by Crippen LogP contribution is -2.28. The van der Waals surface area contributed by atoms with Gasteiger partial charge in [-0.1, -0.05) is 24.3 Å². The SMILES string of the molecule is COc1ccc(CNC(=O)COC(=O)c2c(C)nc3ccccc3c2C)cc1OC. The number of carbonyl (C=O) groups excluding carboxylic acids is 2. The number of benzene rings is 2. The third kappa shape index (κ3) is 4.51. The number of amides is 1. The minimum atomic E-state index is -0.565. The first-order valence-electron chi connectivity index (χ1n) is 9.45. The van der Waals surface area contributed by atoms with Crippen LogP contribution >= 0.6 is 0 Å². The summed E-state index contributed by atoms with van der Waals surface area (Å²) in [5.74, 6) is 0.216.